The Labute approximate surface area is 226 Å². The van der Waals surface area contributed by atoms with Crippen LogP contribution in [-0.4, -0.2) is 18.0 Å². The van der Waals surface area contributed by atoms with Crippen molar-refractivity contribution in [3.8, 4) is 5.69 Å². The third-order valence-electron chi connectivity index (χ3n) is 7.30. The van der Waals surface area contributed by atoms with E-state index in [4.69, 9.17) is 0 Å². The van der Waals surface area contributed by atoms with Crippen molar-refractivity contribution in [2.24, 2.45) is 0 Å². The zero-order chi connectivity index (χ0) is 26.7. The van der Waals surface area contributed by atoms with E-state index in [1.807, 2.05) is 47.5 Å². The van der Waals surface area contributed by atoms with Gasteiger partial charge in [0.1, 0.15) is 0 Å². The summed E-state index contributed by atoms with van der Waals surface area (Å²) in [6, 6.07) is 28.9. The van der Waals surface area contributed by atoms with Crippen LogP contribution in [0.25, 0.3) is 39.6 Å². The highest BCUT2D eigenvalue weighted by Crippen LogP contribution is 2.48. The van der Waals surface area contributed by atoms with Crippen LogP contribution in [0.4, 0.5) is 17.1 Å². The number of sulfone groups is 1. The zero-order valence-corrected chi connectivity index (χ0v) is 21.8. The quantitative estimate of drug-likeness (QED) is 0.233. The number of nitrogens with zero attached hydrogens (tertiary/aromatic N) is 3. The zero-order valence-electron chi connectivity index (χ0n) is 21.0. The van der Waals surface area contributed by atoms with Gasteiger partial charge in [0, 0.05) is 10.8 Å². The second-order valence-corrected chi connectivity index (χ2v) is 11.4. The maximum Gasteiger partial charge on any atom is 0.210 e. The van der Waals surface area contributed by atoms with Gasteiger partial charge in [0.25, 0.3) is 0 Å². The molecule has 39 heavy (non-hydrogen) atoms. The molecule has 0 atom stereocenters. The van der Waals surface area contributed by atoms with E-state index >= 15 is 0 Å². The van der Waals surface area contributed by atoms with Gasteiger partial charge < -0.3 is 9.47 Å². The molecular formula is C33H23N3O2S. The van der Waals surface area contributed by atoms with Gasteiger partial charge in [-0.1, -0.05) is 61.7 Å². The summed E-state index contributed by atoms with van der Waals surface area (Å²) in [5.74, 6) is 0. The average molecular weight is 526 g/mol. The molecule has 188 valence electrons. The summed E-state index contributed by atoms with van der Waals surface area (Å²) < 4.78 is 29.1. The van der Waals surface area contributed by atoms with Gasteiger partial charge in [-0.15, -0.1) is 0 Å². The van der Waals surface area contributed by atoms with Crippen molar-refractivity contribution >= 4 is 60.9 Å². The van der Waals surface area contributed by atoms with E-state index in [-0.39, 0.29) is 9.79 Å². The third kappa shape index (κ3) is 3.39. The number of fused-ring (bicyclic) bond motifs is 5. The Balaban J connectivity index is 1.50. The van der Waals surface area contributed by atoms with Crippen molar-refractivity contribution in [3.05, 3.63) is 128 Å². The van der Waals surface area contributed by atoms with Crippen molar-refractivity contribution in [2.45, 2.75) is 9.79 Å². The van der Waals surface area contributed by atoms with E-state index in [2.05, 4.69) is 65.2 Å². The van der Waals surface area contributed by atoms with Crippen LogP contribution in [0.2, 0.25) is 0 Å². The highest BCUT2D eigenvalue weighted by molar-refractivity contribution is 7.92. The monoisotopic (exact) mass is 525 g/mol. The molecule has 0 radical (unpaired) electrons. The van der Waals surface area contributed by atoms with Crippen LogP contribution in [-0.2, 0) is 9.84 Å². The molecular weight excluding hydrogens is 502 g/mol. The number of aromatic nitrogens is 2. The lowest BCUT2D eigenvalue weighted by Crippen LogP contribution is -2.22. The molecule has 7 rings (SSSR count). The van der Waals surface area contributed by atoms with E-state index in [1.54, 1.807) is 30.5 Å². The summed E-state index contributed by atoms with van der Waals surface area (Å²) in [6.07, 6.45) is 7.31. The molecule has 6 aromatic rings. The Morgan fingerprint density at radius 1 is 0.641 bits per heavy atom. The van der Waals surface area contributed by atoms with Crippen molar-refractivity contribution in [1.29, 1.82) is 0 Å². The molecule has 0 unspecified atom stereocenters. The molecule has 1 aliphatic heterocycles. The van der Waals surface area contributed by atoms with Crippen molar-refractivity contribution in [3.63, 3.8) is 0 Å². The minimum absolute atomic E-state index is 0.278. The van der Waals surface area contributed by atoms with Gasteiger partial charge in [0.2, 0.25) is 9.84 Å². The predicted molar refractivity (Wildman–Crippen MR) is 159 cm³/mol. The van der Waals surface area contributed by atoms with E-state index in [1.165, 1.54) is 0 Å². The van der Waals surface area contributed by atoms with Gasteiger partial charge in [-0.25, -0.2) is 8.42 Å². The molecule has 0 spiro atoms. The number of hydrogen-bond donors (Lipinski definition) is 0. The molecule has 5 nitrogen and oxygen atoms in total. The maximum atomic E-state index is 13.5. The topological polar surface area (TPSA) is 55.2 Å². The first kappa shape index (κ1) is 23.2. The molecule has 6 heteroatoms. The smallest absolute Gasteiger partial charge is 0.210 e. The standard InChI is InChI=1S/C33H23N3O2S/c1-3-22-13-15-28-26(17-22)27-18-23(4-2)14-16-29(27)35(28)24-19-25(21-34-20-24)36-30-9-5-7-11-32(30)39(37,38)33-12-8-6-10-31(33)36/h3-21H,1-2H2. The van der Waals surface area contributed by atoms with E-state index in [9.17, 15) is 8.42 Å². The SMILES string of the molecule is C=Cc1ccc2c(c1)c1cc(C=C)ccc1n2-c1cncc(N2c3ccccc3S(=O)(=O)c3ccccc32)c1. The molecule has 0 aliphatic carbocycles. The Kier molecular flexibility index (Phi) is 5.08. The van der Waals surface area contributed by atoms with E-state index in [0.717, 1.165) is 44.3 Å². The first-order valence-corrected chi connectivity index (χ1v) is 14.0. The number of para-hydroxylation sites is 2. The number of pyridine rings is 1. The average Bonchev–Trinajstić information content (AvgIpc) is 3.30. The summed E-state index contributed by atoms with van der Waals surface area (Å²) in [6.45, 7) is 7.89. The number of benzene rings is 4. The normalized spacial score (nSPS) is 13.7. The highest BCUT2D eigenvalue weighted by Gasteiger charge is 2.34. The third-order valence-corrected chi connectivity index (χ3v) is 9.15. The van der Waals surface area contributed by atoms with Crippen LogP contribution in [0.15, 0.2) is 126 Å². The molecule has 1 aliphatic rings. The Morgan fingerprint density at radius 2 is 1.15 bits per heavy atom. The van der Waals surface area contributed by atoms with Crippen molar-refractivity contribution in [2.75, 3.05) is 4.90 Å². The Morgan fingerprint density at radius 3 is 1.69 bits per heavy atom. The number of rotatable bonds is 4. The lowest BCUT2D eigenvalue weighted by molar-refractivity contribution is 0.595. The fourth-order valence-electron chi connectivity index (χ4n) is 5.52. The lowest BCUT2D eigenvalue weighted by atomic mass is 10.1. The summed E-state index contributed by atoms with van der Waals surface area (Å²) >= 11 is 0. The molecule has 4 aromatic carbocycles. The highest BCUT2D eigenvalue weighted by atomic mass is 32.2. The molecule has 0 saturated heterocycles. The first-order valence-electron chi connectivity index (χ1n) is 12.5. The van der Waals surface area contributed by atoms with Gasteiger partial charge in [-0.05, 0) is 65.7 Å². The summed E-state index contributed by atoms with van der Waals surface area (Å²) in [7, 11) is -3.65. The second kappa shape index (κ2) is 8.55. The van der Waals surface area contributed by atoms with Crippen LogP contribution >= 0.6 is 0 Å². The van der Waals surface area contributed by atoms with Crippen molar-refractivity contribution in [1.82, 2.24) is 9.55 Å². The summed E-state index contributed by atoms with van der Waals surface area (Å²) in [5, 5.41) is 2.22. The van der Waals surface area contributed by atoms with Crippen LogP contribution in [0.5, 0.6) is 0 Å². The Hall–Kier alpha value is -4.94. The Bertz CT molecular complexity index is 1970. The summed E-state index contributed by atoms with van der Waals surface area (Å²) in [5.41, 5.74) is 7.00. The molecule has 0 N–H and O–H groups in total. The number of anilines is 3. The van der Waals surface area contributed by atoms with E-state index in [0.29, 0.717) is 11.4 Å². The number of hydrogen-bond acceptors (Lipinski definition) is 4. The first-order chi connectivity index (χ1) is 19.0. The van der Waals surface area contributed by atoms with Crippen LogP contribution in [0.3, 0.4) is 0 Å². The molecule has 3 heterocycles. The van der Waals surface area contributed by atoms with Gasteiger partial charge >= 0.3 is 0 Å². The van der Waals surface area contributed by atoms with E-state index < -0.39 is 9.84 Å². The minimum Gasteiger partial charge on any atom is -0.308 e. The summed E-state index contributed by atoms with van der Waals surface area (Å²) in [4.78, 5) is 7.16. The minimum atomic E-state index is -3.65. The molecule has 0 amide bonds. The van der Waals surface area contributed by atoms with Crippen molar-refractivity contribution < 1.29 is 8.42 Å². The fraction of sp³-hybridized carbons (Fsp3) is 0. The van der Waals surface area contributed by atoms with Gasteiger partial charge in [-0.3, -0.25) is 4.98 Å². The van der Waals surface area contributed by atoms with Crippen LogP contribution in [0, 0.1) is 0 Å². The molecule has 0 bridgehead atoms. The largest absolute Gasteiger partial charge is 0.308 e. The predicted octanol–water partition coefficient (Wildman–Crippen LogP) is 8.08. The van der Waals surface area contributed by atoms with Crippen LogP contribution in [0.1, 0.15) is 11.1 Å². The van der Waals surface area contributed by atoms with Gasteiger partial charge in [0.15, 0.2) is 0 Å². The fourth-order valence-corrected chi connectivity index (χ4v) is 7.14. The lowest BCUT2D eigenvalue weighted by Gasteiger charge is -2.32. The molecule has 0 saturated carbocycles. The second-order valence-electron chi connectivity index (χ2n) is 9.47. The van der Waals surface area contributed by atoms with Gasteiger partial charge in [-0.2, -0.15) is 0 Å². The molecule has 0 fully saturated rings. The van der Waals surface area contributed by atoms with Crippen LogP contribution < -0.4 is 4.90 Å². The van der Waals surface area contributed by atoms with Gasteiger partial charge in [0.05, 0.1) is 56.0 Å². The molecule has 2 aromatic heterocycles. The maximum absolute atomic E-state index is 13.5.